The molecule has 2 aliphatic rings. The summed E-state index contributed by atoms with van der Waals surface area (Å²) in [4.78, 5) is 11.8. The van der Waals surface area contributed by atoms with Gasteiger partial charge in [0, 0.05) is 24.6 Å². The normalized spacial score (nSPS) is 35.4. The molecule has 0 aromatic heterocycles. The zero-order valence-corrected chi connectivity index (χ0v) is 11.1. The minimum absolute atomic E-state index is 0.0669. The fourth-order valence-electron chi connectivity index (χ4n) is 2.82. The average Bonchev–Trinajstić information content (AvgIpc) is 2.79. The number of aliphatic hydroxyl groups excluding tert-OH is 1. The number of hydrogen-bond donors (Lipinski definition) is 3. The van der Waals surface area contributed by atoms with E-state index >= 15 is 0 Å². The first kappa shape index (κ1) is 13.4. The van der Waals surface area contributed by atoms with Crippen molar-refractivity contribution in [2.24, 2.45) is 11.8 Å². The van der Waals surface area contributed by atoms with E-state index in [0.717, 1.165) is 25.2 Å². The van der Waals surface area contributed by atoms with Gasteiger partial charge in [-0.3, -0.25) is 0 Å². The summed E-state index contributed by atoms with van der Waals surface area (Å²) in [6, 6.07) is 0.340. The molecule has 0 aromatic rings. The van der Waals surface area contributed by atoms with Crippen molar-refractivity contribution >= 4 is 6.03 Å². The fraction of sp³-hybridized carbons (Fsp3) is 0.786. The van der Waals surface area contributed by atoms with Crippen molar-refractivity contribution in [3.05, 3.63) is 12.2 Å². The maximum absolute atomic E-state index is 11.8. The largest absolute Gasteiger partial charge is 0.396 e. The van der Waals surface area contributed by atoms with E-state index < -0.39 is 0 Å². The lowest BCUT2D eigenvalue weighted by Crippen LogP contribution is -2.46. The lowest BCUT2D eigenvalue weighted by Gasteiger charge is -2.27. The maximum Gasteiger partial charge on any atom is 0.315 e. The first-order chi connectivity index (χ1) is 8.67. The first-order valence-corrected chi connectivity index (χ1v) is 7.03. The summed E-state index contributed by atoms with van der Waals surface area (Å²) in [5.74, 6) is 1.00. The summed E-state index contributed by atoms with van der Waals surface area (Å²) >= 11 is 0. The highest BCUT2D eigenvalue weighted by atomic mass is 16.3. The van der Waals surface area contributed by atoms with E-state index in [1.807, 2.05) is 12.2 Å². The minimum atomic E-state index is -0.0669. The van der Waals surface area contributed by atoms with Gasteiger partial charge in [-0.2, -0.15) is 0 Å². The van der Waals surface area contributed by atoms with Crippen molar-refractivity contribution in [2.45, 2.75) is 51.1 Å². The Kier molecular flexibility index (Phi) is 4.64. The van der Waals surface area contributed by atoms with Crippen LogP contribution in [0.3, 0.4) is 0 Å². The van der Waals surface area contributed by atoms with Crippen LogP contribution in [-0.4, -0.2) is 29.8 Å². The van der Waals surface area contributed by atoms with Gasteiger partial charge in [-0.1, -0.05) is 19.1 Å². The molecule has 0 aliphatic heterocycles. The highest BCUT2D eigenvalue weighted by molar-refractivity contribution is 5.74. The summed E-state index contributed by atoms with van der Waals surface area (Å²) in [5, 5.41) is 15.0. The van der Waals surface area contributed by atoms with Crippen LogP contribution in [0.25, 0.3) is 0 Å². The zero-order valence-electron chi connectivity index (χ0n) is 11.1. The van der Waals surface area contributed by atoms with Gasteiger partial charge in [0.2, 0.25) is 0 Å². The predicted molar refractivity (Wildman–Crippen MR) is 71.2 cm³/mol. The van der Waals surface area contributed by atoms with Crippen molar-refractivity contribution in [2.75, 3.05) is 6.61 Å². The number of carbonyl (C=O) groups is 1. The molecule has 0 heterocycles. The van der Waals surface area contributed by atoms with Crippen LogP contribution in [0, 0.1) is 11.8 Å². The monoisotopic (exact) mass is 252 g/mol. The van der Waals surface area contributed by atoms with Crippen LogP contribution in [0.1, 0.15) is 39.0 Å². The number of rotatable bonds is 3. The van der Waals surface area contributed by atoms with Crippen LogP contribution >= 0.6 is 0 Å². The van der Waals surface area contributed by atoms with Crippen LogP contribution < -0.4 is 10.6 Å². The number of urea groups is 1. The van der Waals surface area contributed by atoms with Gasteiger partial charge >= 0.3 is 6.03 Å². The summed E-state index contributed by atoms with van der Waals surface area (Å²) in [7, 11) is 0. The molecular formula is C14H24N2O2. The Hall–Kier alpha value is -1.03. The highest BCUT2D eigenvalue weighted by Gasteiger charge is 2.22. The topological polar surface area (TPSA) is 61.4 Å². The number of hydrogen-bond acceptors (Lipinski definition) is 2. The van der Waals surface area contributed by atoms with Gasteiger partial charge in [0.05, 0.1) is 0 Å². The molecule has 0 radical (unpaired) electrons. The van der Waals surface area contributed by atoms with Gasteiger partial charge in [0.15, 0.2) is 0 Å². The van der Waals surface area contributed by atoms with Crippen molar-refractivity contribution in [1.29, 1.82) is 0 Å². The van der Waals surface area contributed by atoms with Gasteiger partial charge in [-0.15, -0.1) is 0 Å². The van der Waals surface area contributed by atoms with Crippen LogP contribution in [0.5, 0.6) is 0 Å². The maximum atomic E-state index is 11.8. The first-order valence-electron chi connectivity index (χ1n) is 7.03. The summed E-state index contributed by atoms with van der Waals surface area (Å²) < 4.78 is 0. The third kappa shape index (κ3) is 3.73. The van der Waals surface area contributed by atoms with Crippen LogP contribution in [-0.2, 0) is 0 Å². The summed E-state index contributed by atoms with van der Waals surface area (Å²) in [6.07, 6.45) is 9.37. The van der Waals surface area contributed by atoms with Crippen LogP contribution in [0.4, 0.5) is 4.79 Å². The number of amides is 2. The van der Waals surface area contributed by atoms with Gasteiger partial charge in [0.25, 0.3) is 0 Å². The van der Waals surface area contributed by atoms with Gasteiger partial charge in [-0.25, -0.2) is 4.79 Å². The van der Waals surface area contributed by atoms with Gasteiger partial charge in [-0.05, 0) is 38.0 Å². The molecule has 0 bridgehead atoms. The lowest BCUT2D eigenvalue weighted by atomic mass is 9.87. The Morgan fingerprint density at radius 1 is 1.22 bits per heavy atom. The lowest BCUT2D eigenvalue weighted by molar-refractivity contribution is 0.222. The Labute approximate surface area is 109 Å². The summed E-state index contributed by atoms with van der Waals surface area (Å²) in [5.41, 5.74) is 0. The standard InChI is InChI=1S/C14H24N2O2/c1-10-2-5-12(6-3-10)15-14(18)16-13-7-4-11(8-13)9-17/h4,7,10-13,17H,2-3,5-6,8-9H2,1H3,(H2,15,16,18)/t10?,11-,12?,13+/m0/s1. The fourth-order valence-corrected chi connectivity index (χ4v) is 2.82. The molecular weight excluding hydrogens is 228 g/mol. The molecule has 2 amide bonds. The average molecular weight is 252 g/mol. The minimum Gasteiger partial charge on any atom is -0.396 e. The van der Waals surface area contributed by atoms with E-state index in [9.17, 15) is 4.79 Å². The Balaban J connectivity index is 1.68. The molecule has 0 aromatic carbocycles. The van der Waals surface area contributed by atoms with Crippen LogP contribution in [0.15, 0.2) is 12.2 Å². The second-order valence-electron chi connectivity index (χ2n) is 5.74. The molecule has 2 aliphatic carbocycles. The van der Waals surface area contributed by atoms with E-state index in [1.54, 1.807) is 0 Å². The number of aliphatic hydroxyl groups is 1. The second kappa shape index (κ2) is 6.23. The van der Waals surface area contributed by atoms with Crippen molar-refractivity contribution in [3.8, 4) is 0 Å². The molecule has 4 nitrogen and oxygen atoms in total. The van der Waals surface area contributed by atoms with E-state index in [2.05, 4.69) is 17.6 Å². The highest BCUT2D eigenvalue weighted by Crippen LogP contribution is 2.23. The Bertz CT molecular complexity index is 309. The second-order valence-corrected chi connectivity index (χ2v) is 5.74. The predicted octanol–water partition coefficient (Wildman–Crippen LogP) is 1.80. The molecule has 3 N–H and O–H groups in total. The molecule has 18 heavy (non-hydrogen) atoms. The Morgan fingerprint density at radius 2 is 1.94 bits per heavy atom. The summed E-state index contributed by atoms with van der Waals surface area (Å²) in [6.45, 7) is 2.44. The smallest absolute Gasteiger partial charge is 0.315 e. The molecule has 0 spiro atoms. The molecule has 1 saturated carbocycles. The van der Waals surface area contributed by atoms with E-state index in [0.29, 0.717) is 6.04 Å². The Morgan fingerprint density at radius 3 is 2.56 bits per heavy atom. The third-order valence-corrected chi connectivity index (χ3v) is 4.07. The molecule has 1 fully saturated rings. The molecule has 2 rings (SSSR count). The van der Waals surface area contributed by atoms with Gasteiger partial charge < -0.3 is 15.7 Å². The van der Waals surface area contributed by atoms with Crippen LogP contribution in [0.2, 0.25) is 0 Å². The molecule has 102 valence electrons. The molecule has 0 unspecified atom stereocenters. The number of nitrogens with one attached hydrogen (secondary N) is 2. The zero-order chi connectivity index (χ0) is 13.0. The van der Waals surface area contributed by atoms with Crippen molar-refractivity contribution in [3.63, 3.8) is 0 Å². The van der Waals surface area contributed by atoms with Crippen molar-refractivity contribution in [1.82, 2.24) is 10.6 Å². The van der Waals surface area contributed by atoms with E-state index in [1.165, 1.54) is 12.8 Å². The van der Waals surface area contributed by atoms with Gasteiger partial charge in [0.1, 0.15) is 0 Å². The molecule has 0 saturated heterocycles. The number of carbonyl (C=O) groups excluding carboxylic acids is 1. The molecule has 2 atom stereocenters. The molecule has 4 heteroatoms. The van der Waals surface area contributed by atoms with E-state index in [4.69, 9.17) is 5.11 Å². The SMILES string of the molecule is CC1CCC(NC(=O)N[C@@H]2C=C[C@H](CO)C2)CC1. The quantitative estimate of drug-likeness (QED) is 0.671. The third-order valence-electron chi connectivity index (χ3n) is 4.07. The van der Waals surface area contributed by atoms with Crippen molar-refractivity contribution < 1.29 is 9.90 Å². The van der Waals surface area contributed by atoms with E-state index in [-0.39, 0.29) is 24.6 Å².